The molecule has 2 rings (SSSR count). The quantitative estimate of drug-likeness (QED) is 0.831. The van der Waals surface area contributed by atoms with E-state index in [2.05, 4.69) is 5.10 Å². The Morgan fingerprint density at radius 1 is 1.44 bits per heavy atom. The summed E-state index contributed by atoms with van der Waals surface area (Å²) in [6, 6.07) is 3.72. The van der Waals surface area contributed by atoms with Gasteiger partial charge in [0.2, 0.25) is 0 Å². The minimum Gasteiger partial charge on any atom is -0.482 e. The monoisotopic (exact) mass is 221 g/mol. The number of nitrogens with zero attached hydrogens (tertiary/aromatic N) is 2. The van der Waals surface area contributed by atoms with Gasteiger partial charge in [-0.25, -0.2) is 0 Å². The summed E-state index contributed by atoms with van der Waals surface area (Å²) >= 11 is 0. The van der Waals surface area contributed by atoms with E-state index in [0.717, 1.165) is 23.8 Å². The molecule has 2 N–H and O–H groups in total. The van der Waals surface area contributed by atoms with Crippen LogP contribution in [0.15, 0.2) is 28.9 Å². The normalized spacial score (nSPS) is 10.6. The van der Waals surface area contributed by atoms with Crippen LogP contribution in [0, 0.1) is 0 Å². The van der Waals surface area contributed by atoms with Crippen molar-refractivity contribution in [3.63, 3.8) is 0 Å². The summed E-state index contributed by atoms with van der Waals surface area (Å²) in [7, 11) is 0. The molecule has 0 radical (unpaired) electrons. The number of hydrogen-bond acceptors (Lipinski definition) is 4. The minimum atomic E-state index is 0.398. The van der Waals surface area contributed by atoms with Crippen molar-refractivity contribution < 1.29 is 9.15 Å². The SMILES string of the molecule is CCn1cc(OCc2ccc(CN)o2)cn1. The number of nitrogens with two attached hydrogens (primary N) is 1. The van der Waals surface area contributed by atoms with E-state index in [9.17, 15) is 0 Å². The van der Waals surface area contributed by atoms with Crippen molar-refractivity contribution in [1.82, 2.24) is 9.78 Å². The Morgan fingerprint density at radius 2 is 2.25 bits per heavy atom. The Labute approximate surface area is 93.8 Å². The first-order chi connectivity index (χ1) is 7.81. The van der Waals surface area contributed by atoms with Crippen LogP contribution in [0.25, 0.3) is 0 Å². The van der Waals surface area contributed by atoms with E-state index in [1.165, 1.54) is 0 Å². The average Bonchev–Trinajstić information content (AvgIpc) is 2.95. The second-order valence-corrected chi connectivity index (χ2v) is 3.39. The van der Waals surface area contributed by atoms with E-state index in [4.69, 9.17) is 14.9 Å². The van der Waals surface area contributed by atoms with Gasteiger partial charge in [-0.15, -0.1) is 0 Å². The van der Waals surface area contributed by atoms with Crippen LogP contribution in [-0.4, -0.2) is 9.78 Å². The zero-order valence-electron chi connectivity index (χ0n) is 9.22. The summed E-state index contributed by atoms with van der Waals surface area (Å²) in [5.74, 6) is 2.28. The Bertz CT molecular complexity index is 405. The molecule has 0 unspecified atom stereocenters. The number of ether oxygens (including phenoxy) is 1. The molecule has 0 saturated carbocycles. The standard InChI is InChI=1S/C11H15N3O2/c1-2-14-7-11(6-13-14)15-8-10-4-3-9(5-12)16-10/h3-4,6-7H,2,5,8,12H2,1H3. The van der Waals surface area contributed by atoms with Gasteiger partial charge in [0.15, 0.2) is 5.75 Å². The first-order valence-corrected chi connectivity index (χ1v) is 5.24. The molecule has 2 heterocycles. The molecule has 0 aliphatic carbocycles. The highest BCUT2D eigenvalue weighted by Crippen LogP contribution is 2.13. The molecule has 0 saturated heterocycles. The molecule has 5 nitrogen and oxygen atoms in total. The molecule has 0 aliphatic heterocycles. The number of rotatable bonds is 5. The second kappa shape index (κ2) is 4.85. The number of furan rings is 1. The van der Waals surface area contributed by atoms with Crippen LogP contribution in [0.3, 0.4) is 0 Å². The molecular formula is C11H15N3O2. The fourth-order valence-corrected chi connectivity index (χ4v) is 1.36. The molecule has 0 aliphatic rings. The topological polar surface area (TPSA) is 66.2 Å². The van der Waals surface area contributed by atoms with Crippen molar-refractivity contribution in [2.45, 2.75) is 26.6 Å². The molecule has 0 bridgehead atoms. The van der Waals surface area contributed by atoms with Crippen LogP contribution in [0.1, 0.15) is 18.4 Å². The molecule has 2 aromatic rings. The predicted molar refractivity (Wildman–Crippen MR) is 58.8 cm³/mol. The minimum absolute atomic E-state index is 0.398. The molecule has 0 amide bonds. The van der Waals surface area contributed by atoms with Gasteiger partial charge in [-0.1, -0.05) is 0 Å². The Balaban J connectivity index is 1.91. The summed E-state index contributed by atoms with van der Waals surface area (Å²) < 4.78 is 12.7. The van der Waals surface area contributed by atoms with E-state index in [1.54, 1.807) is 6.20 Å². The maximum Gasteiger partial charge on any atom is 0.157 e. The number of aromatic nitrogens is 2. The highest BCUT2D eigenvalue weighted by molar-refractivity contribution is 5.13. The van der Waals surface area contributed by atoms with Gasteiger partial charge >= 0.3 is 0 Å². The van der Waals surface area contributed by atoms with E-state index < -0.39 is 0 Å². The van der Waals surface area contributed by atoms with Gasteiger partial charge in [-0.3, -0.25) is 4.68 Å². The lowest BCUT2D eigenvalue weighted by atomic mass is 10.4. The summed E-state index contributed by atoms with van der Waals surface area (Å²) in [5, 5.41) is 4.11. The molecule has 0 aromatic carbocycles. The molecule has 86 valence electrons. The van der Waals surface area contributed by atoms with Crippen LogP contribution >= 0.6 is 0 Å². The van der Waals surface area contributed by atoms with Crippen molar-refractivity contribution in [2.24, 2.45) is 5.73 Å². The predicted octanol–water partition coefficient (Wildman–Crippen LogP) is 1.53. The lowest BCUT2D eigenvalue weighted by Gasteiger charge is -1.99. The first kappa shape index (κ1) is 10.8. The van der Waals surface area contributed by atoms with Crippen molar-refractivity contribution in [1.29, 1.82) is 0 Å². The van der Waals surface area contributed by atoms with Crippen LogP contribution in [0.5, 0.6) is 5.75 Å². The van der Waals surface area contributed by atoms with Gasteiger partial charge in [0.05, 0.1) is 18.9 Å². The summed E-state index contributed by atoms with van der Waals surface area (Å²) in [4.78, 5) is 0. The highest BCUT2D eigenvalue weighted by atomic mass is 16.5. The summed E-state index contributed by atoms with van der Waals surface area (Å²) in [5.41, 5.74) is 5.44. The Morgan fingerprint density at radius 3 is 2.88 bits per heavy atom. The third-order valence-corrected chi connectivity index (χ3v) is 2.23. The fourth-order valence-electron chi connectivity index (χ4n) is 1.36. The van der Waals surface area contributed by atoms with Gasteiger partial charge < -0.3 is 14.9 Å². The van der Waals surface area contributed by atoms with Crippen LogP contribution in [0.2, 0.25) is 0 Å². The van der Waals surface area contributed by atoms with Crippen molar-refractivity contribution in [3.8, 4) is 5.75 Å². The fraction of sp³-hybridized carbons (Fsp3) is 0.364. The van der Waals surface area contributed by atoms with Crippen LogP contribution in [0.4, 0.5) is 0 Å². The zero-order valence-corrected chi connectivity index (χ0v) is 9.22. The number of hydrogen-bond donors (Lipinski definition) is 1. The van der Waals surface area contributed by atoms with Crippen LogP contribution < -0.4 is 10.5 Å². The molecule has 0 spiro atoms. The smallest absolute Gasteiger partial charge is 0.157 e. The van der Waals surface area contributed by atoms with Crippen molar-refractivity contribution >= 4 is 0 Å². The highest BCUT2D eigenvalue weighted by Gasteiger charge is 2.03. The van der Waals surface area contributed by atoms with E-state index in [0.29, 0.717) is 13.2 Å². The molecule has 5 heteroatoms. The molecule has 0 fully saturated rings. The van der Waals surface area contributed by atoms with E-state index in [-0.39, 0.29) is 0 Å². The van der Waals surface area contributed by atoms with Gasteiger partial charge in [-0.05, 0) is 19.1 Å². The lowest BCUT2D eigenvalue weighted by molar-refractivity contribution is 0.266. The molecule has 2 aromatic heterocycles. The van der Waals surface area contributed by atoms with E-state index >= 15 is 0 Å². The molecule has 16 heavy (non-hydrogen) atoms. The lowest BCUT2D eigenvalue weighted by Crippen LogP contribution is -1.95. The van der Waals surface area contributed by atoms with Crippen LogP contribution in [-0.2, 0) is 19.7 Å². The zero-order chi connectivity index (χ0) is 11.4. The third-order valence-electron chi connectivity index (χ3n) is 2.23. The third kappa shape index (κ3) is 2.43. The van der Waals surface area contributed by atoms with Gasteiger partial charge in [0.1, 0.15) is 18.1 Å². The largest absolute Gasteiger partial charge is 0.482 e. The van der Waals surface area contributed by atoms with Gasteiger partial charge in [-0.2, -0.15) is 5.10 Å². The summed E-state index contributed by atoms with van der Waals surface area (Å²) in [6.07, 6.45) is 3.54. The average molecular weight is 221 g/mol. The maximum absolute atomic E-state index is 5.51. The first-order valence-electron chi connectivity index (χ1n) is 5.24. The maximum atomic E-state index is 5.51. The van der Waals surface area contributed by atoms with E-state index in [1.807, 2.05) is 29.9 Å². The summed E-state index contributed by atoms with van der Waals surface area (Å²) in [6.45, 7) is 3.67. The Hall–Kier alpha value is -1.75. The van der Waals surface area contributed by atoms with Crippen molar-refractivity contribution in [2.75, 3.05) is 0 Å². The van der Waals surface area contributed by atoms with Gasteiger partial charge in [0, 0.05) is 6.54 Å². The number of aryl methyl sites for hydroxylation is 1. The Kier molecular flexibility index (Phi) is 3.26. The van der Waals surface area contributed by atoms with Gasteiger partial charge in [0.25, 0.3) is 0 Å². The molecular weight excluding hydrogens is 206 g/mol. The molecule has 0 atom stereocenters. The van der Waals surface area contributed by atoms with Crippen molar-refractivity contribution in [3.05, 3.63) is 36.0 Å². The second-order valence-electron chi connectivity index (χ2n) is 3.39.